The molecule has 2 heteroatoms. The topological polar surface area (TPSA) is 21.3 Å². The average molecular weight is 213 g/mol. The van der Waals surface area contributed by atoms with Crippen molar-refractivity contribution in [1.82, 2.24) is 5.32 Å². The predicted octanol–water partition coefficient (Wildman–Crippen LogP) is 2.97. The van der Waals surface area contributed by atoms with Gasteiger partial charge in [0.2, 0.25) is 0 Å². The quantitative estimate of drug-likeness (QED) is 0.685. The molecule has 1 N–H and O–H groups in total. The van der Waals surface area contributed by atoms with Gasteiger partial charge in [0.1, 0.15) is 0 Å². The lowest BCUT2D eigenvalue weighted by Crippen LogP contribution is -2.38. The van der Waals surface area contributed by atoms with Crippen molar-refractivity contribution in [2.24, 2.45) is 5.92 Å². The van der Waals surface area contributed by atoms with Gasteiger partial charge in [-0.3, -0.25) is 0 Å². The molecular weight excluding hydrogens is 186 g/mol. The number of hydrogen-bond donors (Lipinski definition) is 1. The van der Waals surface area contributed by atoms with Crippen LogP contribution in [0.3, 0.4) is 0 Å². The van der Waals surface area contributed by atoms with Gasteiger partial charge in [-0.25, -0.2) is 0 Å². The monoisotopic (exact) mass is 213 g/mol. The molecule has 90 valence electrons. The summed E-state index contributed by atoms with van der Waals surface area (Å²) >= 11 is 0. The second-order valence-corrected chi connectivity index (χ2v) is 4.62. The van der Waals surface area contributed by atoms with E-state index >= 15 is 0 Å². The Kier molecular flexibility index (Phi) is 7.03. The smallest absolute Gasteiger partial charge is 0.0509 e. The van der Waals surface area contributed by atoms with Crippen LogP contribution in [-0.4, -0.2) is 25.8 Å². The minimum Gasteiger partial charge on any atom is -0.381 e. The molecule has 2 atom stereocenters. The maximum Gasteiger partial charge on any atom is 0.0509 e. The maximum atomic E-state index is 5.60. The van der Waals surface area contributed by atoms with E-state index in [1.54, 1.807) is 0 Å². The lowest BCUT2D eigenvalue weighted by molar-refractivity contribution is 0.0909. The predicted molar refractivity (Wildman–Crippen MR) is 65.1 cm³/mol. The summed E-state index contributed by atoms with van der Waals surface area (Å²) in [5.74, 6) is 0.749. The highest BCUT2D eigenvalue weighted by molar-refractivity contribution is 4.79. The lowest BCUT2D eigenvalue weighted by Gasteiger charge is -2.26. The number of nitrogens with one attached hydrogen (secondary N) is 1. The normalized spacial score (nSPS) is 27.6. The summed E-state index contributed by atoms with van der Waals surface area (Å²) in [6, 6.07) is 0.707. The van der Waals surface area contributed by atoms with Crippen molar-refractivity contribution in [3.63, 3.8) is 0 Å². The summed E-state index contributed by atoms with van der Waals surface area (Å²) in [6.45, 7) is 7.30. The highest BCUT2D eigenvalue weighted by Gasteiger charge is 2.22. The van der Waals surface area contributed by atoms with Gasteiger partial charge in [-0.15, -0.1) is 0 Å². The number of ether oxygens (including phenoxy) is 1. The van der Waals surface area contributed by atoms with Crippen LogP contribution in [0.1, 0.15) is 52.4 Å². The van der Waals surface area contributed by atoms with Crippen molar-refractivity contribution in [1.29, 1.82) is 0 Å². The average Bonchev–Trinajstić information content (AvgIpc) is 2.48. The van der Waals surface area contributed by atoms with E-state index < -0.39 is 0 Å². The lowest BCUT2D eigenvalue weighted by atomic mass is 9.95. The molecule has 0 heterocycles. The van der Waals surface area contributed by atoms with Gasteiger partial charge in [0.05, 0.1) is 6.61 Å². The zero-order chi connectivity index (χ0) is 10.9. The Balaban J connectivity index is 2.35. The first-order valence-corrected chi connectivity index (χ1v) is 6.69. The molecule has 0 aromatic heterocycles. The summed E-state index contributed by atoms with van der Waals surface area (Å²) < 4.78 is 5.60. The highest BCUT2D eigenvalue weighted by Crippen LogP contribution is 2.23. The Labute approximate surface area is 94.8 Å². The Bertz CT molecular complexity index is 133. The number of hydrogen-bond acceptors (Lipinski definition) is 2. The minimum atomic E-state index is 0.707. The summed E-state index contributed by atoms with van der Waals surface area (Å²) in [5, 5.41) is 3.69. The van der Waals surface area contributed by atoms with Crippen molar-refractivity contribution in [3.8, 4) is 0 Å². The second-order valence-electron chi connectivity index (χ2n) is 4.62. The van der Waals surface area contributed by atoms with Crippen LogP contribution in [0.25, 0.3) is 0 Å². The molecule has 0 saturated heterocycles. The molecule has 0 aromatic carbocycles. The molecule has 1 aliphatic carbocycles. The van der Waals surface area contributed by atoms with E-state index in [0.29, 0.717) is 6.04 Å². The molecule has 0 radical (unpaired) electrons. The zero-order valence-corrected chi connectivity index (χ0v) is 10.4. The van der Waals surface area contributed by atoms with Crippen molar-refractivity contribution in [2.75, 3.05) is 19.8 Å². The van der Waals surface area contributed by atoms with E-state index in [4.69, 9.17) is 4.74 Å². The van der Waals surface area contributed by atoms with Crippen LogP contribution < -0.4 is 5.32 Å². The van der Waals surface area contributed by atoms with Crippen LogP contribution in [0, 0.1) is 5.92 Å². The van der Waals surface area contributed by atoms with Crippen molar-refractivity contribution >= 4 is 0 Å². The zero-order valence-electron chi connectivity index (χ0n) is 10.4. The van der Waals surface area contributed by atoms with Gasteiger partial charge in [-0.05, 0) is 38.6 Å². The van der Waals surface area contributed by atoms with Crippen molar-refractivity contribution < 1.29 is 4.74 Å². The van der Waals surface area contributed by atoms with Crippen LogP contribution >= 0.6 is 0 Å². The fourth-order valence-corrected chi connectivity index (χ4v) is 2.45. The molecule has 0 aromatic rings. The Hall–Kier alpha value is -0.0800. The van der Waals surface area contributed by atoms with Gasteiger partial charge in [-0.2, -0.15) is 0 Å². The van der Waals surface area contributed by atoms with Crippen LogP contribution in [0.4, 0.5) is 0 Å². The van der Waals surface area contributed by atoms with Gasteiger partial charge in [0.25, 0.3) is 0 Å². The SMILES string of the molecule is CCCNC1CCCCCC1COCC. The maximum absolute atomic E-state index is 5.60. The second kappa shape index (κ2) is 8.12. The summed E-state index contributed by atoms with van der Waals surface area (Å²) in [5.41, 5.74) is 0. The summed E-state index contributed by atoms with van der Waals surface area (Å²) in [6.07, 6.45) is 8.12. The first-order valence-electron chi connectivity index (χ1n) is 6.69. The van der Waals surface area contributed by atoms with Crippen molar-refractivity contribution in [2.45, 2.75) is 58.4 Å². The van der Waals surface area contributed by atoms with E-state index in [0.717, 1.165) is 25.7 Å². The van der Waals surface area contributed by atoms with Gasteiger partial charge in [0, 0.05) is 12.6 Å². The van der Waals surface area contributed by atoms with E-state index in [1.807, 2.05) is 0 Å². The molecule has 15 heavy (non-hydrogen) atoms. The number of rotatable bonds is 6. The van der Waals surface area contributed by atoms with Crippen LogP contribution in [-0.2, 0) is 4.74 Å². The Morgan fingerprint density at radius 2 is 1.93 bits per heavy atom. The third kappa shape index (κ3) is 4.98. The largest absolute Gasteiger partial charge is 0.381 e. The Morgan fingerprint density at radius 3 is 2.67 bits per heavy atom. The molecule has 0 bridgehead atoms. The third-order valence-electron chi connectivity index (χ3n) is 3.35. The molecule has 0 amide bonds. The molecule has 1 rings (SSSR count). The molecule has 2 nitrogen and oxygen atoms in total. The van der Waals surface area contributed by atoms with E-state index in [-0.39, 0.29) is 0 Å². The minimum absolute atomic E-state index is 0.707. The first kappa shape index (κ1) is 13.0. The van der Waals surface area contributed by atoms with Gasteiger partial charge in [-0.1, -0.05) is 26.2 Å². The third-order valence-corrected chi connectivity index (χ3v) is 3.35. The van der Waals surface area contributed by atoms with Crippen LogP contribution in [0.2, 0.25) is 0 Å². The molecule has 1 aliphatic rings. The molecule has 1 fully saturated rings. The summed E-state index contributed by atoms with van der Waals surface area (Å²) in [7, 11) is 0. The first-order chi connectivity index (χ1) is 7.38. The fraction of sp³-hybridized carbons (Fsp3) is 1.00. The van der Waals surface area contributed by atoms with Crippen molar-refractivity contribution in [3.05, 3.63) is 0 Å². The molecule has 0 spiro atoms. The Morgan fingerprint density at radius 1 is 1.13 bits per heavy atom. The van der Waals surface area contributed by atoms with Crippen LogP contribution in [0.5, 0.6) is 0 Å². The van der Waals surface area contributed by atoms with E-state index in [1.165, 1.54) is 38.5 Å². The van der Waals surface area contributed by atoms with Gasteiger partial charge < -0.3 is 10.1 Å². The molecular formula is C13H27NO. The van der Waals surface area contributed by atoms with E-state index in [2.05, 4.69) is 19.2 Å². The molecule has 0 aliphatic heterocycles. The summed E-state index contributed by atoms with van der Waals surface area (Å²) in [4.78, 5) is 0. The van der Waals surface area contributed by atoms with Gasteiger partial charge >= 0.3 is 0 Å². The molecule has 2 unspecified atom stereocenters. The van der Waals surface area contributed by atoms with Gasteiger partial charge in [0.15, 0.2) is 0 Å². The standard InChI is InChI=1S/C13H27NO/c1-3-10-14-13-9-7-5-6-8-12(13)11-15-4-2/h12-14H,3-11H2,1-2H3. The highest BCUT2D eigenvalue weighted by atomic mass is 16.5. The van der Waals surface area contributed by atoms with Crippen LogP contribution in [0.15, 0.2) is 0 Å². The fourth-order valence-electron chi connectivity index (χ4n) is 2.45. The van der Waals surface area contributed by atoms with E-state index in [9.17, 15) is 0 Å². The molecule has 1 saturated carbocycles.